The topological polar surface area (TPSA) is 53.7 Å². The molecule has 2 heterocycles. The van der Waals surface area contributed by atoms with Crippen LogP contribution < -0.4 is 0 Å². The standard InChI is InChI=1S/C20H22F3NO3/c1-14-6-11-27-17(14)18(26)24-9-7-19(13-25,8-10-24)12-15-4-2-3-5-16(15)20(21,22)23/h2-6,11,25H,7-10,12-13H2,1H3. The van der Waals surface area contributed by atoms with E-state index < -0.39 is 17.2 Å². The first-order chi connectivity index (χ1) is 12.8. The van der Waals surface area contributed by atoms with Gasteiger partial charge in [-0.2, -0.15) is 13.2 Å². The molecule has 1 aliphatic rings. The number of aliphatic hydroxyl groups is 1. The summed E-state index contributed by atoms with van der Waals surface area (Å²) in [5, 5.41) is 9.95. The van der Waals surface area contributed by atoms with Crippen LogP contribution in [-0.2, 0) is 12.6 Å². The highest BCUT2D eigenvalue weighted by atomic mass is 19.4. The summed E-state index contributed by atoms with van der Waals surface area (Å²) in [6.07, 6.45) is -1.98. The van der Waals surface area contributed by atoms with Gasteiger partial charge in [0.25, 0.3) is 5.91 Å². The van der Waals surface area contributed by atoms with Crippen LogP contribution in [0.4, 0.5) is 13.2 Å². The van der Waals surface area contributed by atoms with Gasteiger partial charge in [0.1, 0.15) is 0 Å². The lowest BCUT2D eigenvalue weighted by molar-refractivity contribution is -0.138. The molecule has 0 saturated carbocycles. The first kappa shape index (κ1) is 19.5. The van der Waals surface area contributed by atoms with E-state index in [0.717, 1.165) is 11.6 Å². The molecule has 1 amide bonds. The van der Waals surface area contributed by atoms with Gasteiger partial charge in [0.15, 0.2) is 5.76 Å². The van der Waals surface area contributed by atoms with Crippen LogP contribution >= 0.6 is 0 Å². The lowest BCUT2D eigenvalue weighted by atomic mass is 9.73. The van der Waals surface area contributed by atoms with Crippen LogP contribution in [0.5, 0.6) is 0 Å². The number of likely N-dealkylation sites (tertiary alicyclic amines) is 1. The zero-order chi connectivity index (χ0) is 19.7. The van der Waals surface area contributed by atoms with Crippen molar-refractivity contribution < 1.29 is 27.5 Å². The highest BCUT2D eigenvalue weighted by molar-refractivity contribution is 5.92. The molecule has 27 heavy (non-hydrogen) atoms. The number of nitrogens with zero attached hydrogens (tertiary/aromatic N) is 1. The fourth-order valence-electron chi connectivity index (χ4n) is 3.67. The van der Waals surface area contributed by atoms with Gasteiger partial charge in [-0.1, -0.05) is 18.2 Å². The van der Waals surface area contributed by atoms with Crippen molar-refractivity contribution in [3.8, 4) is 0 Å². The van der Waals surface area contributed by atoms with Crippen LogP contribution in [0.1, 0.15) is 40.1 Å². The normalized spacial score (nSPS) is 17.1. The Kier molecular flexibility index (Phi) is 5.33. The Bertz CT molecular complexity index is 805. The molecular weight excluding hydrogens is 359 g/mol. The lowest BCUT2D eigenvalue weighted by Crippen LogP contribution is -2.45. The van der Waals surface area contributed by atoms with Crippen molar-refractivity contribution in [3.05, 3.63) is 59.0 Å². The number of hydrogen-bond donors (Lipinski definition) is 1. The molecule has 7 heteroatoms. The molecule has 0 atom stereocenters. The molecule has 0 radical (unpaired) electrons. The van der Waals surface area contributed by atoms with Gasteiger partial charge >= 0.3 is 6.18 Å². The van der Waals surface area contributed by atoms with Crippen LogP contribution in [0.2, 0.25) is 0 Å². The zero-order valence-corrected chi connectivity index (χ0v) is 15.1. The van der Waals surface area contributed by atoms with Crippen LogP contribution in [0.15, 0.2) is 41.0 Å². The monoisotopic (exact) mass is 381 g/mol. The van der Waals surface area contributed by atoms with E-state index in [1.165, 1.54) is 18.4 Å². The SMILES string of the molecule is Cc1ccoc1C(=O)N1CCC(CO)(Cc2ccccc2C(F)(F)F)CC1. The van der Waals surface area contributed by atoms with Gasteiger partial charge < -0.3 is 14.4 Å². The van der Waals surface area contributed by atoms with Gasteiger partial charge in [0.05, 0.1) is 11.8 Å². The summed E-state index contributed by atoms with van der Waals surface area (Å²) in [6, 6.07) is 7.19. The summed E-state index contributed by atoms with van der Waals surface area (Å²) in [4.78, 5) is 14.2. The Balaban J connectivity index is 1.74. The molecule has 1 aliphatic heterocycles. The highest BCUT2D eigenvalue weighted by Gasteiger charge is 2.40. The predicted molar refractivity (Wildman–Crippen MR) is 93.2 cm³/mol. The van der Waals surface area contributed by atoms with Crippen molar-refractivity contribution in [1.82, 2.24) is 4.90 Å². The Morgan fingerprint density at radius 2 is 1.89 bits per heavy atom. The average molecular weight is 381 g/mol. The van der Waals surface area contributed by atoms with E-state index in [9.17, 15) is 23.1 Å². The Labute approximate surface area is 155 Å². The van der Waals surface area contributed by atoms with Gasteiger partial charge in [-0.15, -0.1) is 0 Å². The lowest BCUT2D eigenvalue weighted by Gasteiger charge is -2.41. The van der Waals surface area contributed by atoms with Crippen LogP contribution in [0.3, 0.4) is 0 Å². The zero-order valence-electron chi connectivity index (χ0n) is 15.1. The van der Waals surface area contributed by atoms with Gasteiger partial charge in [-0.05, 0) is 43.9 Å². The van der Waals surface area contributed by atoms with Crippen molar-refractivity contribution in [2.24, 2.45) is 5.41 Å². The molecule has 4 nitrogen and oxygen atoms in total. The molecule has 3 rings (SSSR count). The van der Waals surface area contributed by atoms with Crippen molar-refractivity contribution in [1.29, 1.82) is 0 Å². The van der Waals surface area contributed by atoms with Crippen LogP contribution in [0.25, 0.3) is 0 Å². The Morgan fingerprint density at radius 1 is 1.22 bits per heavy atom. The fraction of sp³-hybridized carbons (Fsp3) is 0.450. The van der Waals surface area contributed by atoms with Crippen LogP contribution in [0, 0.1) is 12.3 Å². The number of amides is 1. The molecule has 0 bridgehead atoms. The number of alkyl halides is 3. The molecule has 146 valence electrons. The molecule has 0 spiro atoms. The first-order valence-electron chi connectivity index (χ1n) is 8.85. The quantitative estimate of drug-likeness (QED) is 0.869. The van der Waals surface area contributed by atoms with E-state index in [2.05, 4.69) is 0 Å². The summed E-state index contributed by atoms with van der Waals surface area (Å²) >= 11 is 0. The smallest absolute Gasteiger partial charge is 0.416 e. The maximum atomic E-state index is 13.3. The second-order valence-electron chi connectivity index (χ2n) is 7.21. The number of benzene rings is 1. The number of aryl methyl sites for hydroxylation is 1. The summed E-state index contributed by atoms with van der Waals surface area (Å²) in [5.74, 6) is 0.0636. The minimum atomic E-state index is -4.43. The summed E-state index contributed by atoms with van der Waals surface area (Å²) in [5.41, 5.74) is -0.405. The van der Waals surface area contributed by atoms with Crippen molar-refractivity contribution in [3.63, 3.8) is 0 Å². The summed E-state index contributed by atoms with van der Waals surface area (Å²) < 4.78 is 45.0. The number of carbonyl (C=O) groups is 1. The Hall–Kier alpha value is -2.28. The van der Waals surface area contributed by atoms with Gasteiger partial charge in [0, 0.05) is 30.7 Å². The molecule has 1 saturated heterocycles. The van der Waals surface area contributed by atoms with E-state index in [0.29, 0.717) is 25.9 Å². The third kappa shape index (κ3) is 4.03. The van der Waals surface area contributed by atoms with Gasteiger partial charge in [-0.3, -0.25) is 4.79 Å². The van der Waals surface area contributed by atoms with E-state index in [1.54, 1.807) is 24.0 Å². The predicted octanol–water partition coefficient (Wildman–Crippen LogP) is 4.06. The maximum Gasteiger partial charge on any atom is 0.416 e. The van der Waals surface area contributed by atoms with E-state index >= 15 is 0 Å². The number of aliphatic hydroxyl groups excluding tert-OH is 1. The second kappa shape index (κ2) is 7.38. The highest BCUT2D eigenvalue weighted by Crippen LogP contribution is 2.39. The minimum absolute atomic E-state index is 0.126. The largest absolute Gasteiger partial charge is 0.459 e. The number of hydrogen-bond acceptors (Lipinski definition) is 3. The first-order valence-corrected chi connectivity index (χ1v) is 8.85. The number of furan rings is 1. The fourth-order valence-corrected chi connectivity index (χ4v) is 3.67. The number of rotatable bonds is 4. The van der Waals surface area contributed by atoms with Crippen LogP contribution in [-0.4, -0.2) is 35.6 Å². The molecule has 2 aromatic rings. The van der Waals surface area contributed by atoms with Gasteiger partial charge in [0.2, 0.25) is 0 Å². The molecule has 1 aromatic carbocycles. The van der Waals surface area contributed by atoms with E-state index in [1.807, 2.05) is 0 Å². The number of piperidine rings is 1. The van der Waals surface area contributed by atoms with Gasteiger partial charge in [-0.25, -0.2) is 0 Å². The second-order valence-corrected chi connectivity index (χ2v) is 7.21. The molecule has 0 aliphatic carbocycles. The van der Waals surface area contributed by atoms with Crippen molar-refractivity contribution >= 4 is 5.91 Å². The molecule has 1 fully saturated rings. The summed E-state index contributed by atoms with van der Waals surface area (Å²) in [7, 11) is 0. The number of carbonyl (C=O) groups excluding carboxylic acids is 1. The minimum Gasteiger partial charge on any atom is -0.459 e. The van der Waals surface area contributed by atoms with E-state index in [4.69, 9.17) is 4.42 Å². The molecule has 0 unspecified atom stereocenters. The third-order valence-electron chi connectivity index (χ3n) is 5.39. The summed E-state index contributed by atoms with van der Waals surface area (Å²) in [6.45, 7) is 2.30. The average Bonchev–Trinajstić information content (AvgIpc) is 3.07. The molecular formula is C20H22F3NO3. The third-order valence-corrected chi connectivity index (χ3v) is 5.39. The van der Waals surface area contributed by atoms with Crippen molar-refractivity contribution in [2.45, 2.75) is 32.4 Å². The molecule has 1 aromatic heterocycles. The number of halogens is 3. The van der Waals surface area contributed by atoms with Crippen molar-refractivity contribution in [2.75, 3.05) is 19.7 Å². The Morgan fingerprint density at radius 3 is 2.44 bits per heavy atom. The molecule has 1 N–H and O–H groups in total. The van der Waals surface area contributed by atoms with E-state index in [-0.39, 0.29) is 30.3 Å². The maximum absolute atomic E-state index is 13.3.